The fraction of sp³-hybridized carbons (Fsp3) is 0.750. The van der Waals surface area contributed by atoms with Crippen LogP contribution in [0.15, 0.2) is 12.7 Å². The molecule has 1 spiro atoms. The number of nitrogens with zero attached hydrogens (tertiary/aromatic N) is 1. The van der Waals surface area contributed by atoms with Gasteiger partial charge in [0.05, 0.1) is 19.3 Å². The number of carbonyl (C=O) groups excluding carboxylic acids is 1. The molecular formula is C12H19NO3. The van der Waals surface area contributed by atoms with Gasteiger partial charge in [0.15, 0.2) is 0 Å². The molecule has 0 aromatic carbocycles. The van der Waals surface area contributed by atoms with Crippen LogP contribution in [-0.4, -0.2) is 48.8 Å². The van der Waals surface area contributed by atoms with Crippen LogP contribution in [0, 0.1) is 0 Å². The van der Waals surface area contributed by atoms with Crippen molar-refractivity contribution in [3.05, 3.63) is 12.7 Å². The summed E-state index contributed by atoms with van der Waals surface area (Å²) in [5.74, 6) is -0.00646. The lowest BCUT2D eigenvalue weighted by molar-refractivity contribution is -0.166. The van der Waals surface area contributed by atoms with Crippen LogP contribution in [0.25, 0.3) is 0 Å². The fourth-order valence-corrected chi connectivity index (χ4v) is 2.40. The Morgan fingerprint density at radius 1 is 1.69 bits per heavy atom. The predicted octanol–water partition coefficient (Wildman–Crippen LogP) is 0.969. The second-order valence-corrected chi connectivity index (χ2v) is 4.56. The predicted molar refractivity (Wildman–Crippen MR) is 60.1 cm³/mol. The zero-order valence-corrected chi connectivity index (χ0v) is 9.78. The minimum atomic E-state index is -0.266. The summed E-state index contributed by atoms with van der Waals surface area (Å²) in [6.45, 7) is 8.25. The van der Waals surface area contributed by atoms with E-state index in [9.17, 15) is 4.79 Å². The first-order valence-electron chi connectivity index (χ1n) is 5.86. The van der Waals surface area contributed by atoms with Gasteiger partial charge >= 0.3 is 0 Å². The number of amides is 1. The first-order chi connectivity index (χ1) is 7.69. The van der Waals surface area contributed by atoms with E-state index in [0.29, 0.717) is 19.7 Å². The minimum Gasteiger partial charge on any atom is -0.378 e. The van der Waals surface area contributed by atoms with Gasteiger partial charge in [0.1, 0.15) is 5.60 Å². The molecule has 0 bridgehead atoms. The van der Waals surface area contributed by atoms with Crippen molar-refractivity contribution in [3.63, 3.8) is 0 Å². The molecule has 16 heavy (non-hydrogen) atoms. The Morgan fingerprint density at radius 2 is 2.50 bits per heavy atom. The maximum absolute atomic E-state index is 11.7. The van der Waals surface area contributed by atoms with Crippen LogP contribution >= 0.6 is 0 Å². The van der Waals surface area contributed by atoms with Crippen molar-refractivity contribution in [3.8, 4) is 0 Å². The van der Waals surface area contributed by atoms with E-state index in [1.807, 2.05) is 4.90 Å². The van der Waals surface area contributed by atoms with Gasteiger partial charge in [0, 0.05) is 19.6 Å². The highest BCUT2D eigenvalue weighted by Crippen LogP contribution is 2.30. The van der Waals surface area contributed by atoms with Crippen molar-refractivity contribution in [2.45, 2.75) is 31.5 Å². The largest absolute Gasteiger partial charge is 0.378 e. The van der Waals surface area contributed by atoms with Gasteiger partial charge in [-0.1, -0.05) is 13.5 Å². The summed E-state index contributed by atoms with van der Waals surface area (Å²) in [7, 11) is 0. The molecule has 2 unspecified atom stereocenters. The SMILES string of the molecule is C=CC(=O)N1CC(CC)OC2(CCOC2)C1. The van der Waals surface area contributed by atoms with Gasteiger partial charge in [0.25, 0.3) is 0 Å². The van der Waals surface area contributed by atoms with Crippen LogP contribution < -0.4 is 0 Å². The molecule has 0 aromatic rings. The van der Waals surface area contributed by atoms with Crippen molar-refractivity contribution in [1.29, 1.82) is 0 Å². The molecule has 2 heterocycles. The van der Waals surface area contributed by atoms with E-state index in [2.05, 4.69) is 13.5 Å². The monoisotopic (exact) mass is 225 g/mol. The Labute approximate surface area is 96.2 Å². The molecule has 2 atom stereocenters. The molecule has 2 aliphatic rings. The van der Waals surface area contributed by atoms with Crippen molar-refractivity contribution in [1.82, 2.24) is 4.90 Å². The number of ether oxygens (including phenoxy) is 2. The van der Waals surface area contributed by atoms with Crippen LogP contribution in [0.2, 0.25) is 0 Å². The quantitative estimate of drug-likeness (QED) is 0.657. The molecule has 1 amide bonds. The topological polar surface area (TPSA) is 38.8 Å². The van der Waals surface area contributed by atoms with Gasteiger partial charge in [-0.05, 0) is 12.5 Å². The van der Waals surface area contributed by atoms with Crippen molar-refractivity contribution in [2.75, 3.05) is 26.3 Å². The van der Waals surface area contributed by atoms with Crippen LogP contribution in [0.4, 0.5) is 0 Å². The molecule has 0 saturated carbocycles. The van der Waals surface area contributed by atoms with Gasteiger partial charge < -0.3 is 14.4 Å². The summed E-state index contributed by atoms with van der Waals surface area (Å²) in [5.41, 5.74) is -0.266. The number of hydrogen-bond acceptors (Lipinski definition) is 3. The van der Waals surface area contributed by atoms with Crippen LogP contribution in [0.1, 0.15) is 19.8 Å². The van der Waals surface area contributed by atoms with E-state index in [1.54, 1.807) is 0 Å². The van der Waals surface area contributed by atoms with Crippen molar-refractivity contribution < 1.29 is 14.3 Å². The zero-order chi connectivity index (χ0) is 11.6. The van der Waals surface area contributed by atoms with E-state index < -0.39 is 0 Å². The lowest BCUT2D eigenvalue weighted by Gasteiger charge is -2.43. The number of rotatable bonds is 2. The highest BCUT2D eigenvalue weighted by atomic mass is 16.6. The van der Waals surface area contributed by atoms with E-state index in [0.717, 1.165) is 19.4 Å². The van der Waals surface area contributed by atoms with Gasteiger partial charge in [0.2, 0.25) is 5.91 Å². The fourth-order valence-electron chi connectivity index (χ4n) is 2.40. The van der Waals surface area contributed by atoms with E-state index in [-0.39, 0.29) is 17.6 Å². The maximum atomic E-state index is 11.7. The average Bonchev–Trinajstić information content (AvgIpc) is 2.75. The molecule has 4 heteroatoms. The van der Waals surface area contributed by atoms with Crippen LogP contribution in [0.5, 0.6) is 0 Å². The summed E-state index contributed by atoms with van der Waals surface area (Å²) >= 11 is 0. The number of carbonyl (C=O) groups is 1. The summed E-state index contributed by atoms with van der Waals surface area (Å²) in [4.78, 5) is 13.5. The molecule has 2 aliphatic heterocycles. The lowest BCUT2D eigenvalue weighted by atomic mass is 9.98. The molecule has 2 saturated heterocycles. The maximum Gasteiger partial charge on any atom is 0.246 e. The highest BCUT2D eigenvalue weighted by Gasteiger charge is 2.44. The van der Waals surface area contributed by atoms with Gasteiger partial charge in [-0.25, -0.2) is 0 Å². The number of morpholine rings is 1. The van der Waals surface area contributed by atoms with E-state index in [1.165, 1.54) is 6.08 Å². The normalized spacial score (nSPS) is 34.3. The van der Waals surface area contributed by atoms with E-state index in [4.69, 9.17) is 9.47 Å². The molecule has 0 aromatic heterocycles. The Hall–Kier alpha value is -0.870. The molecule has 2 fully saturated rings. The van der Waals surface area contributed by atoms with E-state index >= 15 is 0 Å². The Balaban J connectivity index is 2.11. The average molecular weight is 225 g/mol. The summed E-state index contributed by atoms with van der Waals surface area (Å²) in [6.07, 6.45) is 3.30. The van der Waals surface area contributed by atoms with Crippen LogP contribution in [-0.2, 0) is 14.3 Å². The first kappa shape index (κ1) is 11.6. The van der Waals surface area contributed by atoms with Crippen LogP contribution in [0.3, 0.4) is 0 Å². The Bertz CT molecular complexity index is 284. The smallest absolute Gasteiger partial charge is 0.246 e. The molecule has 0 N–H and O–H groups in total. The van der Waals surface area contributed by atoms with Crippen molar-refractivity contribution >= 4 is 5.91 Å². The molecule has 4 nitrogen and oxygen atoms in total. The van der Waals surface area contributed by atoms with Gasteiger partial charge in [-0.2, -0.15) is 0 Å². The zero-order valence-electron chi connectivity index (χ0n) is 9.78. The lowest BCUT2D eigenvalue weighted by Crippen LogP contribution is -2.57. The highest BCUT2D eigenvalue weighted by molar-refractivity contribution is 5.87. The summed E-state index contributed by atoms with van der Waals surface area (Å²) < 4.78 is 11.5. The van der Waals surface area contributed by atoms with Gasteiger partial charge in [-0.15, -0.1) is 0 Å². The third-order valence-electron chi connectivity index (χ3n) is 3.33. The summed E-state index contributed by atoms with van der Waals surface area (Å²) in [6, 6.07) is 0. The second-order valence-electron chi connectivity index (χ2n) is 4.56. The third-order valence-corrected chi connectivity index (χ3v) is 3.33. The molecule has 0 aliphatic carbocycles. The molecular weight excluding hydrogens is 206 g/mol. The van der Waals surface area contributed by atoms with Gasteiger partial charge in [-0.3, -0.25) is 4.79 Å². The number of hydrogen-bond donors (Lipinski definition) is 0. The standard InChI is InChI=1S/C12H19NO3/c1-3-10-7-13(11(14)4-2)8-12(16-10)5-6-15-9-12/h4,10H,2-3,5-9H2,1H3. The third kappa shape index (κ3) is 2.13. The Kier molecular flexibility index (Phi) is 3.30. The minimum absolute atomic E-state index is 0.00646. The second kappa shape index (κ2) is 4.55. The molecule has 2 rings (SSSR count). The Morgan fingerprint density at radius 3 is 3.06 bits per heavy atom. The summed E-state index contributed by atoms with van der Waals surface area (Å²) in [5, 5.41) is 0. The van der Waals surface area contributed by atoms with Crippen molar-refractivity contribution in [2.24, 2.45) is 0 Å². The molecule has 90 valence electrons. The molecule has 0 radical (unpaired) electrons. The first-order valence-corrected chi connectivity index (χ1v) is 5.86.